The largest absolute Gasteiger partial charge is 0.296 e. The molecule has 0 fully saturated rings. The van der Waals surface area contributed by atoms with Crippen LogP contribution in [0.3, 0.4) is 0 Å². The number of para-hydroxylation sites is 1. The molecule has 3 aromatic rings. The van der Waals surface area contributed by atoms with Crippen molar-refractivity contribution < 1.29 is 13.2 Å². The van der Waals surface area contributed by atoms with E-state index < -0.39 is 15.9 Å². The lowest BCUT2D eigenvalue weighted by atomic mass is 10.1. The summed E-state index contributed by atoms with van der Waals surface area (Å²) in [5.74, 6) is -0.129. The normalized spacial score (nSPS) is 11.5. The fourth-order valence-electron chi connectivity index (χ4n) is 2.95. The lowest BCUT2D eigenvalue weighted by molar-refractivity contribution is 0.102. The van der Waals surface area contributed by atoms with E-state index in [1.807, 2.05) is 6.07 Å². The average molecular weight is 479 g/mol. The van der Waals surface area contributed by atoms with Gasteiger partial charge in [0.15, 0.2) is 0 Å². The summed E-state index contributed by atoms with van der Waals surface area (Å²) in [4.78, 5) is 12.8. The molecule has 164 valence electrons. The number of aromatic nitrogens is 2. The molecule has 0 unspecified atom stereocenters. The maximum absolute atomic E-state index is 13.2. The number of hydrogen-bond donors (Lipinski definition) is 1. The molecular weight excluding hydrogens is 456 g/mol. The van der Waals surface area contributed by atoms with Crippen LogP contribution in [-0.2, 0) is 16.4 Å². The monoisotopic (exact) mass is 478 g/mol. The SMILES string of the molecule is CCN(c1ccccc1)S(=O)(=O)c1ccc(Cl)c(C(=O)Nc2nnc(CC(C)C)s2)c1. The van der Waals surface area contributed by atoms with Crippen LogP contribution in [0, 0.1) is 5.92 Å². The first-order valence-electron chi connectivity index (χ1n) is 9.73. The number of halogens is 1. The minimum absolute atomic E-state index is 0.0227. The van der Waals surface area contributed by atoms with Crippen LogP contribution in [0.15, 0.2) is 53.4 Å². The van der Waals surface area contributed by atoms with Crippen molar-refractivity contribution in [3.05, 3.63) is 64.1 Å². The molecule has 0 spiro atoms. The number of anilines is 2. The highest BCUT2D eigenvalue weighted by Gasteiger charge is 2.25. The van der Waals surface area contributed by atoms with Crippen molar-refractivity contribution in [1.82, 2.24) is 10.2 Å². The van der Waals surface area contributed by atoms with Gasteiger partial charge < -0.3 is 0 Å². The summed E-state index contributed by atoms with van der Waals surface area (Å²) in [5.41, 5.74) is 0.588. The summed E-state index contributed by atoms with van der Waals surface area (Å²) >= 11 is 7.49. The Bertz CT molecular complexity index is 1160. The van der Waals surface area contributed by atoms with E-state index in [9.17, 15) is 13.2 Å². The van der Waals surface area contributed by atoms with Crippen molar-refractivity contribution in [2.75, 3.05) is 16.2 Å². The van der Waals surface area contributed by atoms with Gasteiger partial charge in [0, 0.05) is 13.0 Å². The van der Waals surface area contributed by atoms with E-state index in [0.717, 1.165) is 11.4 Å². The van der Waals surface area contributed by atoms with E-state index in [1.54, 1.807) is 31.2 Å². The van der Waals surface area contributed by atoms with Crippen LogP contribution in [0.1, 0.15) is 36.1 Å². The van der Waals surface area contributed by atoms with E-state index in [4.69, 9.17) is 11.6 Å². The van der Waals surface area contributed by atoms with Crippen LogP contribution in [-0.4, -0.2) is 31.1 Å². The molecule has 0 atom stereocenters. The van der Waals surface area contributed by atoms with Gasteiger partial charge in [-0.25, -0.2) is 8.42 Å². The second-order valence-corrected chi connectivity index (χ2v) is 10.5. The Morgan fingerprint density at radius 2 is 1.87 bits per heavy atom. The summed E-state index contributed by atoms with van der Waals surface area (Å²) in [6.07, 6.45) is 0.758. The number of carbonyl (C=O) groups is 1. The Labute approximate surface area is 191 Å². The molecule has 31 heavy (non-hydrogen) atoms. The van der Waals surface area contributed by atoms with Gasteiger partial charge >= 0.3 is 0 Å². The molecule has 0 aliphatic heterocycles. The van der Waals surface area contributed by atoms with Gasteiger partial charge in [-0.05, 0) is 43.2 Å². The van der Waals surface area contributed by atoms with Gasteiger partial charge in [-0.3, -0.25) is 14.4 Å². The number of hydrogen-bond acceptors (Lipinski definition) is 6. The molecule has 0 aliphatic carbocycles. The number of carbonyl (C=O) groups excluding carboxylic acids is 1. The van der Waals surface area contributed by atoms with Crippen molar-refractivity contribution in [1.29, 1.82) is 0 Å². The highest BCUT2D eigenvalue weighted by atomic mass is 35.5. The topological polar surface area (TPSA) is 92.3 Å². The summed E-state index contributed by atoms with van der Waals surface area (Å²) in [6, 6.07) is 12.9. The molecule has 0 saturated carbocycles. The molecule has 1 N–H and O–H groups in total. The molecule has 10 heteroatoms. The Morgan fingerprint density at radius 3 is 2.52 bits per heavy atom. The predicted molar refractivity (Wildman–Crippen MR) is 125 cm³/mol. The van der Waals surface area contributed by atoms with Gasteiger partial charge in [-0.1, -0.05) is 55.0 Å². The smallest absolute Gasteiger partial charge is 0.264 e. The van der Waals surface area contributed by atoms with Crippen LogP contribution >= 0.6 is 22.9 Å². The highest BCUT2D eigenvalue weighted by Crippen LogP contribution is 2.27. The quantitative estimate of drug-likeness (QED) is 0.499. The lowest BCUT2D eigenvalue weighted by Crippen LogP contribution is -2.31. The minimum atomic E-state index is -3.89. The van der Waals surface area contributed by atoms with Crippen LogP contribution < -0.4 is 9.62 Å². The third-order valence-electron chi connectivity index (χ3n) is 4.37. The van der Waals surface area contributed by atoms with Gasteiger partial charge in [0.05, 0.1) is 21.2 Å². The molecule has 0 radical (unpaired) electrons. The Kier molecular flexibility index (Phi) is 7.30. The zero-order valence-corrected chi connectivity index (χ0v) is 19.8. The fourth-order valence-corrected chi connectivity index (χ4v) is 5.60. The van der Waals surface area contributed by atoms with Gasteiger partial charge in [0.1, 0.15) is 5.01 Å². The van der Waals surface area contributed by atoms with Gasteiger partial charge in [0.2, 0.25) is 5.13 Å². The number of amides is 1. The zero-order chi connectivity index (χ0) is 22.6. The van der Waals surface area contributed by atoms with Gasteiger partial charge in [-0.15, -0.1) is 10.2 Å². The number of nitrogens with zero attached hydrogens (tertiary/aromatic N) is 3. The summed E-state index contributed by atoms with van der Waals surface area (Å²) < 4.78 is 27.8. The maximum Gasteiger partial charge on any atom is 0.264 e. The molecule has 7 nitrogen and oxygen atoms in total. The van der Waals surface area contributed by atoms with E-state index >= 15 is 0 Å². The third kappa shape index (κ3) is 5.41. The van der Waals surface area contributed by atoms with Crippen LogP contribution in [0.4, 0.5) is 10.8 Å². The molecular formula is C21H23ClN4O3S2. The molecule has 0 aliphatic rings. The van der Waals surface area contributed by atoms with Crippen molar-refractivity contribution >= 4 is 49.7 Å². The van der Waals surface area contributed by atoms with Crippen LogP contribution in [0.5, 0.6) is 0 Å². The second kappa shape index (κ2) is 9.76. The molecule has 0 saturated heterocycles. The average Bonchev–Trinajstić information content (AvgIpc) is 3.15. The standard InChI is InChI=1S/C21H23ClN4O3S2/c1-4-26(15-8-6-5-7-9-15)31(28,29)16-10-11-18(22)17(13-16)20(27)23-21-25-24-19(30-21)12-14(2)3/h5-11,13-14H,4,12H2,1-3H3,(H,23,25,27). The zero-order valence-electron chi connectivity index (χ0n) is 17.4. The molecule has 1 heterocycles. The first kappa shape index (κ1) is 23.2. The number of sulfonamides is 1. The van der Waals surface area contributed by atoms with Crippen LogP contribution in [0.25, 0.3) is 0 Å². The second-order valence-electron chi connectivity index (χ2n) is 7.20. The van der Waals surface area contributed by atoms with E-state index in [2.05, 4.69) is 29.4 Å². The molecule has 0 bridgehead atoms. The summed E-state index contributed by atoms with van der Waals surface area (Å²) in [7, 11) is -3.89. The van der Waals surface area contributed by atoms with Crippen molar-refractivity contribution in [3.63, 3.8) is 0 Å². The molecule has 2 aromatic carbocycles. The van der Waals surface area contributed by atoms with Gasteiger partial charge in [-0.2, -0.15) is 0 Å². The van der Waals surface area contributed by atoms with E-state index in [1.165, 1.54) is 33.8 Å². The molecule has 1 amide bonds. The van der Waals surface area contributed by atoms with E-state index in [-0.39, 0.29) is 22.0 Å². The Balaban J connectivity index is 1.88. The number of rotatable bonds is 8. The van der Waals surface area contributed by atoms with Crippen LogP contribution in [0.2, 0.25) is 5.02 Å². The van der Waals surface area contributed by atoms with Crippen molar-refractivity contribution in [3.8, 4) is 0 Å². The van der Waals surface area contributed by atoms with E-state index in [0.29, 0.717) is 16.7 Å². The van der Waals surface area contributed by atoms with Gasteiger partial charge in [0.25, 0.3) is 15.9 Å². The summed E-state index contributed by atoms with van der Waals surface area (Å²) in [5, 5.41) is 12.0. The van der Waals surface area contributed by atoms with Crippen molar-refractivity contribution in [2.45, 2.75) is 32.1 Å². The maximum atomic E-state index is 13.2. The lowest BCUT2D eigenvalue weighted by Gasteiger charge is -2.23. The third-order valence-corrected chi connectivity index (χ3v) is 7.46. The fraction of sp³-hybridized carbons (Fsp3) is 0.286. The molecule has 1 aromatic heterocycles. The Morgan fingerprint density at radius 1 is 1.16 bits per heavy atom. The van der Waals surface area contributed by atoms with Crippen molar-refractivity contribution in [2.24, 2.45) is 5.92 Å². The number of benzene rings is 2. The first-order chi connectivity index (χ1) is 14.7. The number of nitrogens with one attached hydrogen (secondary N) is 1. The summed E-state index contributed by atoms with van der Waals surface area (Å²) in [6.45, 7) is 6.12. The Hall–Kier alpha value is -2.49. The highest BCUT2D eigenvalue weighted by molar-refractivity contribution is 7.92. The first-order valence-corrected chi connectivity index (χ1v) is 12.4. The molecule has 3 rings (SSSR count). The minimum Gasteiger partial charge on any atom is -0.296 e. The predicted octanol–water partition coefficient (Wildman–Crippen LogP) is 4.86.